The van der Waals surface area contributed by atoms with Gasteiger partial charge in [-0.3, -0.25) is 10.1 Å². The first kappa shape index (κ1) is 15.2. The first-order valence-corrected chi connectivity index (χ1v) is 8.17. The lowest BCUT2D eigenvalue weighted by Crippen LogP contribution is -2.15. The summed E-state index contributed by atoms with van der Waals surface area (Å²) >= 11 is 6.53. The Morgan fingerprint density at radius 3 is 2.74 bits per heavy atom. The average molecular weight is 596 g/mol. The number of anilines is 1. The largest absolute Gasteiger partial charge is 0.466 e. The van der Waals surface area contributed by atoms with Gasteiger partial charge in [0.15, 0.2) is 0 Å². The minimum Gasteiger partial charge on any atom is -0.466 e. The van der Waals surface area contributed by atoms with Gasteiger partial charge in [-0.15, -0.1) is 5.10 Å². The number of aromatic amines is 1. The number of aromatic nitrogens is 3. The number of halogens is 3. The van der Waals surface area contributed by atoms with E-state index >= 15 is 0 Å². The van der Waals surface area contributed by atoms with Crippen LogP contribution in [0.15, 0.2) is 12.1 Å². The normalized spacial score (nSPS) is 10.3. The van der Waals surface area contributed by atoms with Crippen molar-refractivity contribution in [2.75, 3.05) is 12.4 Å². The Bertz CT molecular complexity index is 629. The maximum Gasteiger partial charge on any atom is 0.336 e. The lowest BCUT2D eigenvalue weighted by molar-refractivity contribution is 0.102. The predicted octanol–water partition coefficient (Wildman–Crippen LogP) is 2.88. The minimum atomic E-state index is -0.236. The fraction of sp³-hybridized carbons (Fsp3) is 0.100. The van der Waals surface area contributed by atoms with E-state index in [1.165, 1.54) is 7.11 Å². The van der Waals surface area contributed by atoms with E-state index in [-0.39, 0.29) is 17.9 Å². The van der Waals surface area contributed by atoms with Gasteiger partial charge in [-0.2, -0.15) is 4.98 Å². The number of carbonyl (C=O) groups is 1. The fourth-order valence-electron chi connectivity index (χ4n) is 1.29. The molecule has 1 heterocycles. The molecule has 9 heteroatoms. The van der Waals surface area contributed by atoms with Crippen molar-refractivity contribution < 1.29 is 9.53 Å². The monoisotopic (exact) mass is 596 g/mol. The molecule has 0 unspecified atom stereocenters. The van der Waals surface area contributed by atoms with Gasteiger partial charge >= 0.3 is 6.01 Å². The second-order valence-corrected chi connectivity index (χ2v) is 6.86. The molecule has 0 saturated heterocycles. The van der Waals surface area contributed by atoms with Crippen LogP contribution in [0, 0.1) is 10.7 Å². The molecule has 6 nitrogen and oxygen atoms in total. The minimum absolute atomic E-state index is 0.183. The molecule has 0 aliphatic carbocycles. The molecular weight excluding hydrogens is 589 g/mol. The van der Waals surface area contributed by atoms with Gasteiger partial charge < -0.3 is 4.74 Å². The topological polar surface area (TPSA) is 79.9 Å². The number of nitrogens with zero attached hydrogens (tertiary/aromatic N) is 2. The van der Waals surface area contributed by atoms with Gasteiger partial charge in [-0.05, 0) is 79.9 Å². The molecule has 0 aliphatic heterocycles. The fourth-order valence-corrected chi connectivity index (χ4v) is 3.69. The second kappa shape index (κ2) is 6.51. The van der Waals surface area contributed by atoms with Crippen LogP contribution in [-0.2, 0) is 0 Å². The molecule has 0 aliphatic rings. The molecule has 1 aromatic heterocycles. The zero-order valence-corrected chi connectivity index (χ0v) is 16.0. The Kier molecular flexibility index (Phi) is 5.22. The van der Waals surface area contributed by atoms with E-state index in [0.29, 0.717) is 5.56 Å². The van der Waals surface area contributed by atoms with Gasteiger partial charge in [0.05, 0.1) is 12.7 Å². The van der Waals surface area contributed by atoms with Crippen LogP contribution in [0.2, 0.25) is 0 Å². The summed E-state index contributed by atoms with van der Waals surface area (Å²) in [6.45, 7) is 0. The number of hydrogen-bond acceptors (Lipinski definition) is 4. The third-order valence-corrected chi connectivity index (χ3v) is 5.78. The van der Waals surface area contributed by atoms with Crippen molar-refractivity contribution in [3.8, 4) is 6.01 Å². The zero-order valence-electron chi connectivity index (χ0n) is 9.50. The lowest BCUT2D eigenvalue weighted by Gasteiger charge is -2.06. The molecule has 2 rings (SSSR count). The molecule has 0 spiro atoms. The Morgan fingerprint density at radius 2 is 2.11 bits per heavy atom. The summed E-state index contributed by atoms with van der Waals surface area (Å²) in [6.07, 6.45) is 0. The van der Waals surface area contributed by atoms with Crippen molar-refractivity contribution in [2.45, 2.75) is 0 Å². The summed E-state index contributed by atoms with van der Waals surface area (Å²) in [5.74, 6) is 0.0196. The van der Waals surface area contributed by atoms with Gasteiger partial charge in [0.1, 0.15) is 0 Å². The van der Waals surface area contributed by atoms with E-state index in [1.54, 1.807) is 0 Å². The van der Waals surface area contributed by atoms with Gasteiger partial charge in [0, 0.05) is 10.7 Å². The van der Waals surface area contributed by atoms with Gasteiger partial charge in [-0.25, -0.2) is 5.10 Å². The molecule has 1 amide bonds. The Balaban J connectivity index is 2.25. The quantitative estimate of drug-likeness (QED) is 0.423. The van der Waals surface area contributed by atoms with Gasteiger partial charge in [0.2, 0.25) is 5.95 Å². The van der Waals surface area contributed by atoms with Crippen LogP contribution in [0.3, 0.4) is 0 Å². The molecule has 1 aromatic carbocycles. The molecular formula is C10H7I3N4O2. The lowest BCUT2D eigenvalue weighted by atomic mass is 10.2. The maximum atomic E-state index is 12.2. The summed E-state index contributed by atoms with van der Waals surface area (Å²) in [6, 6.07) is 4.02. The van der Waals surface area contributed by atoms with E-state index in [4.69, 9.17) is 4.74 Å². The molecule has 100 valence electrons. The highest BCUT2D eigenvalue weighted by molar-refractivity contribution is 14.1. The van der Waals surface area contributed by atoms with E-state index in [0.717, 1.165) is 10.7 Å². The highest BCUT2D eigenvalue weighted by Gasteiger charge is 2.15. The van der Waals surface area contributed by atoms with Crippen LogP contribution in [0.4, 0.5) is 5.95 Å². The maximum absolute atomic E-state index is 12.2. The van der Waals surface area contributed by atoms with Crippen molar-refractivity contribution in [1.29, 1.82) is 0 Å². The second-order valence-electron chi connectivity index (χ2n) is 3.37. The highest BCUT2D eigenvalue weighted by Crippen LogP contribution is 2.23. The van der Waals surface area contributed by atoms with Gasteiger partial charge in [0.25, 0.3) is 5.91 Å². The standard InChI is InChI=1S/C10H7I3N4O2/c1-19-10-15-9(16-17-10)14-8(18)5-2-4(11)3-6(12)7(5)13/h2-3H,1H3,(H2,14,15,16,17,18). The first-order valence-electron chi connectivity index (χ1n) is 4.93. The number of nitrogens with one attached hydrogen (secondary N) is 2. The summed E-state index contributed by atoms with van der Waals surface area (Å²) in [7, 11) is 1.46. The van der Waals surface area contributed by atoms with Crippen LogP contribution < -0.4 is 10.1 Å². The van der Waals surface area contributed by atoms with Gasteiger partial charge in [-0.1, -0.05) is 0 Å². The Labute approximate surface area is 149 Å². The van der Waals surface area contributed by atoms with Crippen molar-refractivity contribution in [1.82, 2.24) is 15.2 Å². The van der Waals surface area contributed by atoms with E-state index in [2.05, 4.69) is 88.3 Å². The zero-order chi connectivity index (χ0) is 14.0. The third-order valence-electron chi connectivity index (χ3n) is 2.12. The summed E-state index contributed by atoms with van der Waals surface area (Å²) < 4.78 is 7.78. The van der Waals surface area contributed by atoms with Crippen LogP contribution in [0.1, 0.15) is 10.4 Å². The van der Waals surface area contributed by atoms with E-state index in [1.807, 2.05) is 12.1 Å². The SMILES string of the molecule is COc1n[nH]c(NC(=O)c2cc(I)cc(I)c2I)n1. The molecule has 0 bridgehead atoms. The molecule has 0 saturated carbocycles. The van der Waals surface area contributed by atoms with Crippen LogP contribution in [0.25, 0.3) is 0 Å². The van der Waals surface area contributed by atoms with E-state index < -0.39 is 0 Å². The van der Waals surface area contributed by atoms with Crippen molar-refractivity contribution in [3.63, 3.8) is 0 Å². The predicted molar refractivity (Wildman–Crippen MR) is 95.5 cm³/mol. The number of hydrogen-bond donors (Lipinski definition) is 2. The molecule has 0 radical (unpaired) electrons. The number of benzene rings is 1. The highest BCUT2D eigenvalue weighted by atomic mass is 127. The van der Waals surface area contributed by atoms with Crippen LogP contribution >= 0.6 is 67.8 Å². The number of H-pyrrole nitrogens is 1. The molecule has 2 aromatic rings. The molecule has 19 heavy (non-hydrogen) atoms. The van der Waals surface area contributed by atoms with E-state index in [9.17, 15) is 4.79 Å². The Morgan fingerprint density at radius 1 is 1.37 bits per heavy atom. The summed E-state index contributed by atoms with van der Waals surface area (Å²) in [5, 5.41) is 8.99. The Hall–Kier alpha value is -0.180. The molecule has 0 atom stereocenters. The first-order chi connectivity index (χ1) is 9.01. The van der Waals surface area contributed by atoms with Crippen molar-refractivity contribution in [3.05, 3.63) is 28.4 Å². The number of rotatable bonds is 3. The number of ether oxygens (including phenoxy) is 1. The average Bonchev–Trinajstić information content (AvgIpc) is 2.81. The molecule has 2 N–H and O–H groups in total. The number of methoxy groups -OCH3 is 1. The van der Waals surface area contributed by atoms with Crippen LogP contribution in [0.5, 0.6) is 6.01 Å². The van der Waals surface area contributed by atoms with Crippen molar-refractivity contribution >= 4 is 79.6 Å². The third kappa shape index (κ3) is 3.68. The van der Waals surface area contributed by atoms with Crippen molar-refractivity contribution in [2.24, 2.45) is 0 Å². The summed E-state index contributed by atoms with van der Waals surface area (Å²) in [4.78, 5) is 16.1. The van der Waals surface area contributed by atoms with Crippen LogP contribution in [-0.4, -0.2) is 28.2 Å². The summed E-state index contributed by atoms with van der Waals surface area (Å²) in [5.41, 5.74) is 0.604. The molecule has 0 fully saturated rings. The number of amides is 1. The smallest absolute Gasteiger partial charge is 0.336 e. The number of carbonyl (C=O) groups excluding carboxylic acids is 1.